The normalized spacial score (nSPS) is 28.2. The fourth-order valence-electron chi connectivity index (χ4n) is 2.88. The first-order valence-electron chi connectivity index (χ1n) is 7.70. The molecule has 1 aromatic rings. The lowest BCUT2D eigenvalue weighted by Gasteiger charge is -2.26. The van der Waals surface area contributed by atoms with E-state index in [9.17, 15) is 18.4 Å². The fourth-order valence-corrected chi connectivity index (χ4v) is 3.07. The summed E-state index contributed by atoms with van der Waals surface area (Å²) in [4.78, 5) is 26.0. The number of rotatable bonds is 6. The maximum Gasteiger partial charge on any atom is 0.325 e. The number of hydrogen-bond donors (Lipinski definition) is 1. The van der Waals surface area contributed by atoms with Crippen LogP contribution in [0.5, 0.6) is 0 Å². The van der Waals surface area contributed by atoms with Crippen molar-refractivity contribution < 1.29 is 23.1 Å². The summed E-state index contributed by atoms with van der Waals surface area (Å²) in [6, 6.07) is 6.17. The van der Waals surface area contributed by atoms with Crippen LogP contribution in [0.1, 0.15) is 25.3 Å². The summed E-state index contributed by atoms with van der Waals surface area (Å²) in [6.07, 6.45) is -1.08. The van der Waals surface area contributed by atoms with Crippen molar-refractivity contribution in [1.82, 2.24) is 10.2 Å². The van der Waals surface area contributed by atoms with Crippen LogP contribution >= 0.6 is 11.6 Å². The van der Waals surface area contributed by atoms with Crippen LogP contribution in [0.4, 0.5) is 13.6 Å². The van der Waals surface area contributed by atoms with Crippen LogP contribution in [0.15, 0.2) is 24.3 Å². The maximum atomic E-state index is 12.8. The monoisotopic (exact) mass is 358 g/mol. The third kappa shape index (κ3) is 2.86. The van der Waals surface area contributed by atoms with Crippen LogP contribution in [-0.2, 0) is 15.1 Å². The standard InChI is InChI=1S/C16H17ClF2N2O3/c1-2-15(10-4-3-5-11(17)8-10)13(22)21(14(23)20-15)6-7-24-12-9-16(12,18)19/h3-5,8,12H,2,6-7,9H2,1H3,(H,20,23). The molecule has 3 rings (SSSR count). The first kappa shape index (κ1) is 17.1. The van der Waals surface area contributed by atoms with E-state index in [1.807, 2.05) is 0 Å². The number of nitrogens with one attached hydrogen (secondary N) is 1. The summed E-state index contributed by atoms with van der Waals surface area (Å²) in [5, 5.41) is 3.16. The average molecular weight is 359 g/mol. The smallest absolute Gasteiger partial charge is 0.325 e. The molecule has 2 atom stereocenters. The molecule has 2 aliphatic rings. The van der Waals surface area contributed by atoms with Crippen molar-refractivity contribution >= 4 is 23.5 Å². The molecule has 1 heterocycles. The number of nitrogens with zero attached hydrogens (tertiary/aromatic N) is 1. The van der Waals surface area contributed by atoms with Gasteiger partial charge in [-0.3, -0.25) is 9.69 Å². The molecule has 0 radical (unpaired) electrons. The van der Waals surface area contributed by atoms with Crippen molar-refractivity contribution in [2.45, 2.75) is 37.3 Å². The minimum atomic E-state index is -2.79. The number of amides is 3. The van der Waals surface area contributed by atoms with Gasteiger partial charge in [0.25, 0.3) is 11.8 Å². The molecule has 1 saturated carbocycles. The molecule has 0 bridgehead atoms. The molecule has 2 unspecified atom stereocenters. The Morgan fingerprint density at radius 1 is 1.42 bits per heavy atom. The minimum absolute atomic E-state index is 0.0699. The Kier molecular flexibility index (Phi) is 4.25. The number of halogens is 3. The van der Waals surface area contributed by atoms with Gasteiger partial charge in [-0.05, 0) is 24.1 Å². The molecule has 1 aromatic carbocycles. The van der Waals surface area contributed by atoms with Gasteiger partial charge < -0.3 is 10.1 Å². The second-order valence-electron chi connectivity index (χ2n) is 5.98. The molecule has 1 aliphatic heterocycles. The second-order valence-corrected chi connectivity index (χ2v) is 6.42. The number of benzene rings is 1. The third-order valence-corrected chi connectivity index (χ3v) is 4.66. The lowest BCUT2D eigenvalue weighted by atomic mass is 9.87. The van der Waals surface area contributed by atoms with Gasteiger partial charge in [0.1, 0.15) is 11.6 Å². The minimum Gasteiger partial charge on any atom is -0.370 e. The van der Waals surface area contributed by atoms with E-state index < -0.39 is 29.5 Å². The summed E-state index contributed by atoms with van der Waals surface area (Å²) < 4.78 is 30.6. The number of alkyl halides is 2. The van der Waals surface area contributed by atoms with E-state index in [0.29, 0.717) is 17.0 Å². The topological polar surface area (TPSA) is 58.6 Å². The van der Waals surface area contributed by atoms with Gasteiger partial charge in [0.2, 0.25) is 0 Å². The van der Waals surface area contributed by atoms with Gasteiger partial charge in [-0.15, -0.1) is 0 Å². The summed E-state index contributed by atoms with van der Waals surface area (Å²) in [5.41, 5.74) is -0.598. The van der Waals surface area contributed by atoms with E-state index >= 15 is 0 Å². The summed E-state index contributed by atoms with van der Waals surface area (Å²) in [7, 11) is 0. The zero-order valence-electron chi connectivity index (χ0n) is 13.0. The number of ether oxygens (including phenoxy) is 1. The Labute approximate surface area is 142 Å². The highest BCUT2D eigenvalue weighted by Gasteiger charge is 2.58. The van der Waals surface area contributed by atoms with Gasteiger partial charge in [0.05, 0.1) is 13.2 Å². The van der Waals surface area contributed by atoms with Crippen molar-refractivity contribution in [3.63, 3.8) is 0 Å². The molecule has 8 heteroatoms. The molecule has 0 spiro atoms. The third-order valence-electron chi connectivity index (χ3n) is 4.43. The lowest BCUT2D eigenvalue weighted by Crippen LogP contribution is -2.43. The average Bonchev–Trinajstić information content (AvgIpc) is 3.06. The number of imide groups is 1. The van der Waals surface area contributed by atoms with E-state index in [4.69, 9.17) is 16.3 Å². The van der Waals surface area contributed by atoms with Crippen LogP contribution in [0, 0.1) is 0 Å². The number of urea groups is 1. The molecule has 1 N–H and O–H groups in total. The van der Waals surface area contributed by atoms with Crippen molar-refractivity contribution in [2.24, 2.45) is 0 Å². The molecule has 130 valence electrons. The van der Waals surface area contributed by atoms with Gasteiger partial charge in [-0.1, -0.05) is 30.7 Å². The van der Waals surface area contributed by atoms with Crippen LogP contribution < -0.4 is 5.32 Å². The zero-order chi connectivity index (χ0) is 17.5. The quantitative estimate of drug-likeness (QED) is 0.795. The fraction of sp³-hybridized carbons (Fsp3) is 0.500. The first-order valence-corrected chi connectivity index (χ1v) is 8.07. The van der Waals surface area contributed by atoms with Crippen molar-refractivity contribution in [2.75, 3.05) is 13.2 Å². The van der Waals surface area contributed by atoms with E-state index in [-0.39, 0.29) is 19.6 Å². The zero-order valence-corrected chi connectivity index (χ0v) is 13.8. The van der Waals surface area contributed by atoms with E-state index in [1.54, 1.807) is 31.2 Å². The molecule has 24 heavy (non-hydrogen) atoms. The summed E-state index contributed by atoms with van der Waals surface area (Å²) >= 11 is 5.99. The Bertz CT molecular complexity index is 685. The van der Waals surface area contributed by atoms with E-state index in [2.05, 4.69) is 5.32 Å². The highest BCUT2D eigenvalue weighted by Crippen LogP contribution is 2.44. The Balaban J connectivity index is 1.72. The molecule has 0 aromatic heterocycles. The van der Waals surface area contributed by atoms with E-state index in [1.165, 1.54) is 0 Å². The molecule has 3 amide bonds. The molecule has 1 saturated heterocycles. The second kappa shape index (κ2) is 5.97. The molecule has 2 fully saturated rings. The van der Waals surface area contributed by atoms with Crippen molar-refractivity contribution in [1.29, 1.82) is 0 Å². The lowest BCUT2D eigenvalue weighted by molar-refractivity contribution is -0.132. The van der Waals surface area contributed by atoms with Gasteiger partial charge >= 0.3 is 6.03 Å². The predicted molar refractivity (Wildman–Crippen MR) is 83.0 cm³/mol. The summed E-state index contributed by atoms with van der Waals surface area (Å²) in [5.74, 6) is -3.21. The van der Waals surface area contributed by atoms with Crippen molar-refractivity contribution in [3.8, 4) is 0 Å². The number of carbonyl (C=O) groups is 2. The first-order chi connectivity index (χ1) is 11.3. The van der Waals surface area contributed by atoms with Crippen LogP contribution in [0.25, 0.3) is 0 Å². The maximum absolute atomic E-state index is 12.8. The largest absolute Gasteiger partial charge is 0.370 e. The number of carbonyl (C=O) groups excluding carboxylic acids is 2. The van der Waals surface area contributed by atoms with Gasteiger partial charge in [0.15, 0.2) is 0 Å². The van der Waals surface area contributed by atoms with Crippen molar-refractivity contribution in [3.05, 3.63) is 34.9 Å². The number of hydrogen-bond acceptors (Lipinski definition) is 3. The van der Waals surface area contributed by atoms with Crippen LogP contribution in [0.3, 0.4) is 0 Å². The molecule has 1 aliphatic carbocycles. The Morgan fingerprint density at radius 2 is 2.12 bits per heavy atom. The van der Waals surface area contributed by atoms with Crippen LogP contribution in [0.2, 0.25) is 5.02 Å². The van der Waals surface area contributed by atoms with Gasteiger partial charge in [0, 0.05) is 11.4 Å². The Morgan fingerprint density at radius 3 is 2.71 bits per heavy atom. The SMILES string of the molecule is CCC1(c2cccc(Cl)c2)NC(=O)N(CCOC2CC2(F)F)C1=O. The Hall–Kier alpha value is -1.73. The van der Waals surface area contributed by atoms with Crippen LogP contribution in [-0.4, -0.2) is 42.0 Å². The van der Waals surface area contributed by atoms with E-state index in [0.717, 1.165) is 4.90 Å². The van der Waals surface area contributed by atoms with Gasteiger partial charge in [-0.25, -0.2) is 13.6 Å². The highest BCUT2D eigenvalue weighted by atomic mass is 35.5. The summed E-state index contributed by atoms with van der Waals surface area (Å²) in [6.45, 7) is 1.60. The predicted octanol–water partition coefficient (Wildman–Crippen LogP) is 2.92. The molecular formula is C16H17ClF2N2O3. The molecular weight excluding hydrogens is 342 g/mol. The highest BCUT2D eigenvalue weighted by molar-refractivity contribution is 6.30. The van der Waals surface area contributed by atoms with Gasteiger partial charge in [-0.2, -0.15) is 0 Å². The molecule has 5 nitrogen and oxygen atoms in total.